The minimum absolute atomic E-state index is 0.215. The lowest BCUT2D eigenvalue weighted by Gasteiger charge is -2.02. The van der Waals surface area contributed by atoms with Gasteiger partial charge in [0.2, 0.25) is 0 Å². The summed E-state index contributed by atoms with van der Waals surface area (Å²) in [6.07, 6.45) is 7.78. The highest BCUT2D eigenvalue weighted by Gasteiger charge is 2.05. The standard InChI is InChI=1S/C18H23BrN2O/c1-13(2)6-5-7-14(3)10-11-20-21-18(22)16-9-8-15(4)17(19)12-16/h6,8-12H,5,7H2,1-4H3,(H,21,22)/b14-10+,20-11-. The molecule has 1 amide bonds. The molecule has 1 aromatic rings. The quantitative estimate of drug-likeness (QED) is 0.423. The summed E-state index contributed by atoms with van der Waals surface area (Å²) >= 11 is 3.42. The smallest absolute Gasteiger partial charge is 0.267 e. The van der Waals surface area contributed by atoms with Gasteiger partial charge in [0.25, 0.3) is 5.91 Å². The van der Waals surface area contributed by atoms with Crippen LogP contribution >= 0.6 is 15.9 Å². The second kappa shape index (κ2) is 9.36. The average Bonchev–Trinajstić information content (AvgIpc) is 2.46. The van der Waals surface area contributed by atoms with Crippen molar-refractivity contribution in [2.45, 2.75) is 40.5 Å². The average molecular weight is 363 g/mol. The Bertz CT molecular complexity index is 612. The molecule has 0 spiro atoms. The molecule has 4 heteroatoms. The summed E-state index contributed by atoms with van der Waals surface area (Å²) in [5.41, 5.74) is 6.76. The molecule has 1 N–H and O–H groups in total. The van der Waals surface area contributed by atoms with Crippen molar-refractivity contribution in [3.05, 3.63) is 57.1 Å². The van der Waals surface area contributed by atoms with Gasteiger partial charge in [0.1, 0.15) is 0 Å². The van der Waals surface area contributed by atoms with Crippen LogP contribution in [0.4, 0.5) is 0 Å². The first-order chi connectivity index (χ1) is 10.4. The van der Waals surface area contributed by atoms with Crippen LogP contribution in [0.15, 0.2) is 51.1 Å². The third-order valence-electron chi connectivity index (χ3n) is 3.12. The van der Waals surface area contributed by atoms with E-state index in [1.807, 2.05) is 19.1 Å². The number of rotatable bonds is 6. The number of aryl methyl sites for hydroxylation is 1. The number of carbonyl (C=O) groups is 1. The van der Waals surface area contributed by atoms with Gasteiger partial charge in [-0.05, 0) is 64.3 Å². The van der Waals surface area contributed by atoms with Crippen LogP contribution in [0.25, 0.3) is 0 Å². The molecule has 22 heavy (non-hydrogen) atoms. The predicted molar refractivity (Wildman–Crippen MR) is 97.3 cm³/mol. The molecule has 0 heterocycles. The highest BCUT2D eigenvalue weighted by atomic mass is 79.9. The maximum atomic E-state index is 11.9. The fraction of sp³-hybridized carbons (Fsp3) is 0.333. The van der Waals surface area contributed by atoms with Crippen LogP contribution in [0.5, 0.6) is 0 Å². The maximum absolute atomic E-state index is 11.9. The van der Waals surface area contributed by atoms with E-state index in [-0.39, 0.29) is 5.91 Å². The van der Waals surface area contributed by atoms with Gasteiger partial charge in [-0.1, -0.05) is 39.2 Å². The molecular weight excluding hydrogens is 340 g/mol. The highest BCUT2D eigenvalue weighted by molar-refractivity contribution is 9.10. The summed E-state index contributed by atoms with van der Waals surface area (Å²) in [4.78, 5) is 11.9. The molecule has 0 fully saturated rings. The van der Waals surface area contributed by atoms with Crippen LogP contribution in [-0.4, -0.2) is 12.1 Å². The number of nitrogens with zero attached hydrogens (tertiary/aromatic N) is 1. The molecule has 1 aromatic carbocycles. The summed E-state index contributed by atoms with van der Waals surface area (Å²) in [5, 5.41) is 3.95. The van der Waals surface area contributed by atoms with Crippen LogP contribution < -0.4 is 5.43 Å². The summed E-state index contributed by atoms with van der Waals surface area (Å²) in [6, 6.07) is 5.47. The normalized spacial score (nSPS) is 11.6. The largest absolute Gasteiger partial charge is 0.271 e. The molecule has 0 aromatic heterocycles. The monoisotopic (exact) mass is 362 g/mol. The van der Waals surface area contributed by atoms with E-state index >= 15 is 0 Å². The molecule has 1 rings (SSSR count). The molecule has 0 saturated carbocycles. The molecule has 0 aliphatic carbocycles. The van der Waals surface area contributed by atoms with Gasteiger partial charge in [-0.25, -0.2) is 5.43 Å². The van der Waals surface area contributed by atoms with Gasteiger partial charge in [0, 0.05) is 16.3 Å². The van der Waals surface area contributed by atoms with Crippen LogP contribution in [-0.2, 0) is 0 Å². The van der Waals surface area contributed by atoms with Gasteiger partial charge in [-0.3, -0.25) is 4.79 Å². The van der Waals surface area contributed by atoms with Crippen LogP contribution in [0.2, 0.25) is 0 Å². The van der Waals surface area contributed by atoms with E-state index in [2.05, 4.69) is 53.3 Å². The first-order valence-electron chi connectivity index (χ1n) is 7.29. The fourth-order valence-corrected chi connectivity index (χ4v) is 2.11. The number of hydrogen-bond acceptors (Lipinski definition) is 2. The minimum Gasteiger partial charge on any atom is -0.267 e. The Morgan fingerprint density at radius 3 is 2.68 bits per heavy atom. The number of amides is 1. The van der Waals surface area contributed by atoms with Gasteiger partial charge in [-0.2, -0.15) is 5.10 Å². The molecule has 118 valence electrons. The summed E-state index contributed by atoms with van der Waals surface area (Å²) in [6.45, 7) is 8.23. The van der Waals surface area contributed by atoms with Gasteiger partial charge in [-0.15, -0.1) is 0 Å². The van der Waals surface area contributed by atoms with E-state index in [1.54, 1.807) is 18.3 Å². The van der Waals surface area contributed by atoms with E-state index < -0.39 is 0 Å². The zero-order valence-electron chi connectivity index (χ0n) is 13.6. The Labute approximate surface area is 141 Å². The molecule has 0 aliphatic heterocycles. The van der Waals surface area contributed by atoms with Gasteiger partial charge < -0.3 is 0 Å². The first-order valence-corrected chi connectivity index (χ1v) is 8.08. The Kier molecular flexibility index (Phi) is 7.82. The number of hydrogen-bond donors (Lipinski definition) is 1. The van der Waals surface area contributed by atoms with E-state index in [9.17, 15) is 4.79 Å². The second-order valence-electron chi connectivity index (χ2n) is 5.52. The molecular formula is C18H23BrN2O. The third kappa shape index (κ3) is 6.85. The summed E-state index contributed by atoms with van der Waals surface area (Å²) in [5.74, 6) is -0.215. The van der Waals surface area contributed by atoms with E-state index in [0.29, 0.717) is 5.56 Å². The zero-order chi connectivity index (χ0) is 16.5. The van der Waals surface area contributed by atoms with Gasteiger partial charge >= 0.3 is 0 Å². The van der Waals surface area contributed by atoms with Crippen LogP contribution in [0, 0.1) is 6.92 Å². The van der Waals surface area contributed by atoms with Crippen molar-refractivity contribution in [1.29, 1.82) is 0 Å². The predicted octanol–water partition coefficient (Wildman–Crippen LogP) is 5.17. The van der Waals surface area contributed by atoms with Crippen molar-refractivity contribution >= 4 is 28.1 Å². The molecule has 3 nitrogen and oxygen atoms in total. The van der Waals surface area contributed by atoms with Crippen molar-refractivity contribution in [2.75, 3.05) is 0 Å². The zero-order valence-corrected chi connectivity index (χ0v) is 15.2. The van der Waals surface area contributed by atoms with Crippen molar-refractivity contribution in [3.8, 4) is 0 Å². The van der Waals surface area contributed by atoms with Crippen molar-refractivity contribution in [1.82, 2.24) is 5.43 Å². The lowest BCUT2D eigenvalue weighted by Crippen LogP contribution is -2.17. The van der Waals surface area contributed by atoms with Crippen molar-refractivity contribution in [3.63, 3.8) is 0 Å². The van der Waals surface area contributed by atoms with Crippen molar-refractivity contribution < 1.29 is 4.79 Å². The van der Waals surface area contributed by atoms with E-state index in [4.69, 9.17) is 0 Å². The molecule has 0 radical (unpaired) electrons. The Morgan fingerprint density at radius 2 is 2.05 bits per heavy atom. The second-order valence-corrected chi connectivity index (χ2v) is 6.37. The summed E-state index contributed by atoms with van der Waals surface area (Å²) in [7, 11) is 0. The van der Waals surface area contributed by atoms with Gasteiger partial charge in [0.15, 0.2) is 0 Å². The van der Waals surface area contributed by atoms with E-state index in [1.165, 1.54) is 11.1 Å². The topological polar surface area (TPSA) is 41.5 Å². The molecule has 0 atom stereocenters. The van der Waals surface area contributed by atoms with Gasteiger partial charge in [0.05, 0.1) is 0 Å². The van der Waals surface area contributed by atoms with E-state index in [0.717, 1.165) is 22.9 Å². The summed E-state index contributed by atoms with van der Waals surface area (Å²) < 4.78 is 0.916. The molecule has 0 aliphatic rings. The fourth-order valence-electron chi connectivity index (χ4n) is 1.73. The number of hydrazone groups is 1. The first kappa shape index (κ1) is 18.4. The number of carbonyl (C=O) groups excluding carboxylic acids is 1. The lowest BCUT2D eigenvalue weighted by atomic mass is 10.1. The Hall–Kier alpha value is -1.68. The SMILES string of the molecule is CC(C)=CCC/C(C)=C/C=N\NC(=O)c1ccc(C)c(Br)c1. The molecule has 0 saturated heterocycles. The lowest BCUT2D eigenvalue weighted by molar-refractivity contribution is 0.0955. The molecule has 0 bridgehead atoms. The minimum atomic E-state index is -0.215. The van der Waals surface area contributed by atoms with Crippen LogP contribution in [0.1, 0.15) is 49.5 Å². The Morgan fingerprint density at radius 1 is 1.32 bits per heavy atom. The van der Waals surface area contributed by atoms with Crippen LogP contribution in [0.3, 0.4) is 0 Å². The number of benzene rings is 1. The number of nitrogens with one attached hydrogen (secondary N) is 1. The highest BCUT2D eigenvalue weighted by Crippen LogP contribution is 2.17. The maximum Gasteiger partial charge on any atom is 0.271 e. The molecule has 0 unspecified atom stereocenters. The van der Waals surface area contributed by atoms with Crippen molar-refractivity contribution in [2.24, 2.45) is 5.10 Å². The Balaban J connectivity index is 2.49. The number of allylic oxidation sites excluding steroid dienone is 4. The number of halogens is 1. The third-order valence-corrected chi connectivity index (χ3v) is 3.98.